The molecule has 0 saturated heterocycles. The second kappa shape index (κ2) is 3.12. The van der Waals surface area contributed by atoms with E-state index in [1.807, 2.05) is 0 Å². The molecule has 0 aromatic carbocycles. The molecule has 14 heavy (non-hydrogen) atoms. The zero-order chi connectivity index (χ0) is 9.76. The molecule has 4 bridgehead atoms. The van der Waals surface area contributed by atoms with Gasteiger partial charge in [-0.2, -0.15) is 0 Å². The molecule has 4 saturated carbocycles. The highest BCUT2D eigenvalue weighted by atomic mass is 35.5. The Bertz CT molecular complexity index is 210. The maximum Gasteiger partial charge on any atom is 0.121 e. The average Bonchev–Trinajstić information content (AvgIpc) is 2.14. The lowest BCUT2D eigenvalue weighted by Crippen LogP contribution is -2.57. The Hall–Kier alpha value is 0.250. The Labute approximate surface area is 91.2 Å². The first-order valence-electron chi connectivity index (χ1n) is 5.92. The number of halogens is 1. The molecular weight excluding hydrogens is 196 g/mol. The van der Waals surface area contributed by atoms with E-state index in [2.05, 4.69) is 6.92 Å². The maximum absolute atomic E-state index is 5.87. The van der Waals surface area contributed by atoms with Crippen molar-refractivity contribution in [2.24, 2.45) is 23.7 Å². The summed E-state index contributed by atoms with van der Waals surface area (Å²) in [5.41, 5.74) is 0.120. The SMILES string of the molecule is CC1(OCCl)C2CC3CC(C2)CC1C3. The predicted molar refractivity (Wildman–Crippen MR) is 57.3 cm³/mol. The van der Waals surface area contributed by atoms with Crippen molar-refractivity contribution in [3.05, 3.63) is 0 Å². The van der Waals surface area contributed by atoms with E-state index in [4.69, 9.17) is 16.3 Å². The van der Waals surface area contributed by atoms with E-state index in [0.717, 1.165) is 23.7 Å². The molecule has 0 unspecified atom stereocenters. The van der Waals surface area contributed by atoms with Crippen LogP contribution in [0, 0.1) is 23.7 Å². The van der Waals surface area contributed by atoms with E-state index in [-0.39, 0.29) is 5.60 Å². The number of hydrogen-bond acceptors (Lipinski definition) is 1. The van der Waals surface area contributed by atoms with Gasteiger partial charge in [-0.1, -0.05) is 11.6 Å². The summed E-state index contributed by atoms with van der Waals surface area (Å²) in [7, 11) is 0. The molecule has 0 amide bonds. The monoisotopic (exact) mass is 214 g/mol. The highest BCUT2D eigenvalue weighted by Crippen LogP contribution is 2.59. The Morgan fingerprint density at radius 1 is 1.07 bits per heavy atom. The van der Waals surface area contributed by atoms with E-state index in [1.165, 1.54) is 32.1 Å². The fourth-order valence-electron chi connectivity index (χ4n) is 4.47. The third-order valence-electron chi connectivity index (χ3n) is 5.12. The molecule has 0 atom stereocenters. The van der Waals surface area contributed by atoms with Crippen LogP contribution in [0.25, 0.3) is 0 Å². The molecular formula is C12H19ClO. The molecule has 1 nitrogen and oxygen atoms in total. The van der Waals surface area contributed by atoms with Crippen LogP contribution in [0.4, 0.5) is 0 Å². The van der Waals surface area contributed by atoms with Crippen LogP contribution >= 0.6 is 11.6 Å². The summed E-state index contributed by atoms with van der Waals surface area (Å²) in [4.78, 5) is 0. The Morgan fingerprint density at radius 3 is 2.00 bits per heavy atom. The summed E-state index contributed by atoms with van der Waals surface area (Å²) in [6.45, 7) is 2.31. The first-order chi connectivity index (χ1) is 6.72. The lowest BCUT2D eigenvalue weighted by molar-refractivity contribution is -0.184. The molecule has 0 radical (unpaired) electrons. The summed E-state index contributed by atoms with van der Waals surface area (Å²) in [6, 6.07) is 0.374. The van der Waals surface area contributed by atoms with Gasteiger partial charge < -0.3 is 4.74 Å². The van der Waals surface area contributed by atoms with Gasteiger partial charge in [0.25, 0.3) is 0 Å². The Balaban J connectivity index is 1.87. The molecule has 0 aromatic rings. The van der Waals surface area contributed by atoms with E-state index < -0.39 is 0 Å². The Kier molecular flexibility index (Phi) is 2.11. The van der Waals surface area contributed by atoms with Gasteiger partial charge in [-0.3, -0.25) is 0 Å². The predicted octanol–water partition coefficient (Wildman–Crippen LogP) is 3.41. The lowest BCUT2D eigenvalue weighted by atomic mass is 9.50. The molecule has 2 heteroatoms. The van der Waals surface area contributed by atoms with Crippen LogP contribution in [-0.4, -0.2) is 11.7 Å². The van der Waals surface area contributed by atoms with Crippen molar-refractivity contribution >= 4 is 11.6 Å². The third-order valence-corrected chi connectivity index (χ3v) is 5.23. The quantitative estimate of drug-likeness (QED) is 0.641. The van der Waals surface area contributed by atoms with Crippen molar-refractivity contribution in [1.82, 2.24) is 0 Å². The van der Waals surface area contributed by atoms with Gasteiger partial charge in [0.05, 0.1) is 5.60 Å². The number of rotatable bonds is 2. The molecule has 0 N–H and O–H groups in total. The zero-order valence-corrected chi connectivity index (χ0v) is 9.59. The van der Waals surface area contributed by atoms with Gasteiger partial charge >= 0.3 is 0 Å². The van der Waals surface area contributed by atoms with E-state index >= 15 is 0 Å². The summed E-state index contributed by atoms with van der Waals surface area (Å²) < 4.78 is 5.87. The fourth-order valence-corrected chi connectivity index (χ4v) is 4.71. The zero-order valence-electron chi connectivity index (χ0n) is 8.84. The van der Waals surface area contributed by atoms with Crippen LogP contribution in [0.2, 0.25) is 0 Å². The van der Waals surface area contributed by atoms with Gasteiger partial charge in [-0.15, -0.1) is 0 Å². The normalized spacial score (nSPS) is 55.3. The van der Waals surface area contributed by atoms with Gasteiger partial charge in [-0.05, 0) is 62.7 Å². The van der Waals surface area contributed by atoms with Crippen LogP contribution in [-0.2, 0) is 4.74 Å². The molecule has 0 aliphatic heterocycles. The molecule has 4 fully saturated rings. The first kappa shape index (κ1) is 9.47. The van der Waals surface area contributed by atoms with Crippen LogP contribution in [0.3, 0.4) is 0 Å². The molecule has 4 aliphatic carbocycles. The largest absolute Gasteiger partial charge is 0.359 e. The first-order valence-corrected chi connectivity index (χ1v) is 6.45. The second-order valence-electron chi connectivity index (χ2n) is 5.74. The van der Waals surface area contributed by atoms with Gasteiger partial charge in [0.15, 0.2) is 0 Å². The molecule has 4 aliphatic rings. The van der Waals surface area contributed by atoms with Gasteiger partial charge in [0.2, 0.25) is 0 Å². The minimum Gasteiger partial charge on any atom is -0.359 e. The molecule has 4 rings (SSSR count). The maximum atomic E-state index is 5.87. The van der Waals surface area contributed by atoms with Gasteiger partial charge in [0, 0.05) is 0 Å². The van der Waals surface area contributed by atoms with Crippen LogP contribution in [0.1, 0.15) is 39.0 Å². The van der Waals surface area contributed by atoms with E-state index in [1.54, 1.807) is 0 Å². The number of alkyl halides is 1. The minimum absolute atomic E-state index is 0.120. The highest BCUT2D eigenvalue weighted by molar-refractivity contribution is 6.17. The van der Waals surface area contributed by atoms with Crippen LogP contribution in [0.5, 0.6) is 0 Å². The van der Waals surface area contributed by atoms with Crippen molar-refractivity contribution in [1.29, 1.82) is 0 Å². The number of ether oxygens (including phenoxy) is 1. The molecule has 0 heterocycles. The molecule has 0 spiro atoms. The highest BCUT2D eigenvalue weighted by Gasteiger charge is 2.55. The van der Waals surface area contributed by atoms with Crippen LogP contribution in [0.15, 0.2) is 0 Å². The Morgan fingerprint density at radius 2 is 1.57 bits per heavy atom. The van der Waals surface area contributed by atoms with Crippen molar-refractivity contribution < 1.29 is 4.74 Å². The minimum atomic E-state index is 0.120. The molecule has 80 valence electrons. The van der Waals surface area contributed by atoms with Crippen molar-refractivity contribution in [3.63, 3.8) is 0 Å². The topological polar surface area (TPSA) is 9.23 Å². The second-order valence-corrected chi connectivity index (χ2v) is 5.96. The molecule has 0 aromatic heterocycles. The third kappa shape index (κ3) is 1.18. The summed E-state index contributed by atoms with van der Waals surface area (Å²) in [6.07, 6.45) is 7.12. The van der Waals surface area contributed by atoms with Gasteiger partial charge in [-0.25, -0.2) is 0 Å². The standard InChI is InChI=1S/C12H19ClO/c1-12(14-7-13)10-3-8-2-9(5-10)6-11(12)4-8/h8-11H,2-7H2,1H3. The summed E-state index contributed by atoms with van der Waals surface area (Å²) in [5.74, 6) is 3.64. The van der Waals surface area contributed by atoms with Crippen LogP contribution < -0.4 is 0 Å². The lowest BCUT2D eigenvalue weighted by Gasteiger charge is -2.59. The smallest absolute Gasteiger partial charge is 0.121 e. The number of hydrogen-bond donors (Lipinski definition) is 0. The van der Waals surface area contributed by atoms with Crippen molar-refractivity contribution in [2.45, 2.75) is 44.6 Å². The fraction of sp³-hybridized carbons (Fsp3) is 1.00. The van der Waals surface area contributed by atoms with E-state index in [0.29, 0.717) is 6.07 Å². The average molecular weight is 215 g/mol. The van der Waals surface area contributed by atoms with Gasteiger partial charge in [0.1, 0.15) is 6.07 Å². The summed E-state index contributed by atoms with van der Waals surface area (Å²) >= 11 is 5.76. The van der Waals surface area contributed by atoms with Crippen molar-refractivity contribution in [3.8, 4) is 0 Å². The summed E-state index contributed by atoms with van der Waals surface area (Å²) in [5, 5.41) is 0. The van der Waals surface area contributed by atoms with Crippen molar-refractivity contribution in [2.75, 3.05) is 6.07 Å². The van der Waals surface area contributed by atoms with E-state index in [9.17, 15) is 0 Å².